The van der Waals surface area contributed by atoms with E-state index in [4.69, 9.17) is 9.26 Å². The van der Waals surface area contributed by atoms with Crippen molar-refractivity contribution in [1.29, 1.82) is 0 Å². The first-order valence-electron chi connectivity index (χ1n) is 7.55. The first-order chi connectivity index (χ1) is 11.2. The highest BCUT2D eigenvalue weighted by molar-refractivity contribution is 5.69. The number of methoxy groups -OCH3 is 1. The van der Waals surface area contributed by atoms with E-state index in [-0.39, 0.29) is 0 Å². The first kappa shape index (κ1) is 15.1. The third-order valence-electron chi connectivity index (χ3n) is 3.78. The molecule has 0 fully saturated rings. The Bertz CT molecular complexity index is 812. The Kier molecular flexibility index (Phi) is 4.29. The van der Waals surface area contributed by atoms with Gasteiger partial charge in [-0.2, -0.15) is 0 Å². The summed E-state index contributed by atoms with van der Waals surface area (Å²) in [4.78, 5) is 0. The van der Waals surface area contributed by atoms with E-state index in [9.17, 15) is 0 Å². The lowest BCUT2D eigenvalue weighted by atomic mass is 10.1. The lowest BCUT2D eigenvalue weighted by Gasteiger charge is -1.98. The number of rotatable bonds is 4. The highest BCUT2D eigenvalue weighted by atomic mass is 16.5. The van der Waals surface area contributed by atoms with Crippen molar-refractivity contribution >= 4 is 12.2 Å². The molecule has 116 valence electrons. The Hall–Kier alpha value is -2.81. The van der Waals surface area contributed by atoms with Gasteiger partial charge in [0, 0.05) is 11.6 Å². The van der Waals surface area contributed by atoms with Gasteiger partial charge in [-0.05, 0) is 47.6 Å². The zero-order valence-corrected chi connectivity index (χ0v) is 13.6. The zero-order chi connectivity index (χ0) is 16.2. The normalized spacial score (nSPS) is 11.1. The Morgan fingerprint density at radius 2 is 1.65 bits per heavy atom. The second kappa shape index (κ2) is 6.53. The van der Waals surface area contributed by atoms with Crippen molar-refractivity contribution in [3.05, 3.63) is 71.4 Å². The van der Waals surface area contributed by atoms with E-state index < -0.39 is 0 Å². The lowest BCUT2D eigenvalue weighted by Crippen LogP contribution is -2.27. The summed E-state index contributed by atoms with van der Waals surface area (Å²) in [5.74, 6) is 1.67. The molecule has 3 rings (SSSR count). The van der Waals surface area contributed by atoms with Gasteiger partial charge in [-0.25, -0.2) is 4.52 Å². The van der Waals surface area contributed by atoms with Crippen LogP contribution < -0.4 is 9.48 Å². The molecule has 0 aliphatic carbocycles. The van der Waals surface area contributed by atoms with Gasteiger partial charge in [0.1, 0.15) is 5.75 Å². The van der Waals surface area contributed by atoms with Crippen LogP contribution in [0.2, 0.25) is 0 Å². The SMILES string of the molecule is COc1ccc(-c2cc(C=Cc3ccc(C)cc3)[n+](C)o2)cc1. The summed E-state index contributed by atoms with van der Waals surface area (Å²) < 4.78 is 12.8. The minimum absolute atomic E-state index is 0.832. The van der Waals surface area contributed by atoms with Gasteiger partial charge in [-0.1, -0.05) is 29.8 Å². The molecule has 3 nitrogen and oxygen atoms in total. The molecule has 0 radical (unpaired) electrons. The molecular weight excluding hydrogens is 286 g/mol. The minimum atomic E-state index is 0.832. The van der Waals surface area contributed by atoms with E-state index in [0.717, 1.165) is 22.8 Å². The molecule has 0 aliphatic rings. The van der Waals surface area contributed by atoms with Gasteiger partial charge >= 0.3 is 0 Å². The van der Waals surface area contributed by atoms with Crippen molar-refractivity contribution in [2.45, 2.75) is 6.92 Å². The Morgan fingerprint density at radius 1 is 0.957 bits per heavy atom. The van der Waals surface area contributed by atoms with Crippen molar-refractivity contribution in [3.8, 4) is 17.1 Å². The molecule has 0 aliphatic heterocycles. The maximum Gasteiger partial charge on any atom is 0.255 e. The number of hydrogen-bond donors (Lipinski definition) is 0. The standard InChI is InChI=1S/C20H20NO2/c1-15-4-6-16(7-5-15)8-11-18-14-20(23-21(18)2)17-9-12-19(22-3)13-10-17/h4-14H,1-3H3/q+1. The van der Waals surface area contributed by atoms with E-state index >= 15 is 0 Å². The summed E-state index contributed by atoms with van der Waals surface area (Å²) in [6, 6.07) is 18.3. The fraction of sp³-hybridized carbons (Fsp3) is 0.150. The fourth-order valence-corrected chi connectivity index (χ4v) is 2.36. The molecule has 0 amide bonds. The summed E-state index contributed by atoms with van der Waals surface area (Å²) in [5.41, 5.74) is 4.47. The quantitative estimate of drug-likeness (QED) is 0.673. The average Bonchev–Trinajstić information content (AvgIpc) is 2.95. The van der Waals surface area contributed by atoms with E-state index in [1.807, 2.05) is 37.4 Å². The molecule has 1 heterocycles. The molecule has 0 atom stereocenters. The third kappa shape index (κ3) is 3.51. The summed E-state index contributed by atoms with van der Waals surface area (Å²) in [7, 11) is 3.57. The average molecular weight is 306 g/mol. The second-order valence-corrected chi connectivity index (χ2v) is 5.49. The van der Waals surface area contributed by atoms with E-state index in [1.165, 1.54) is 11.1 Å². The Labute approximate surface area is 136 Å². The topological polar surface area (TPSA) is 26.2 Å². The first-order valence-corrected chi connectivity index (χ1v) is 7.55. The molecule has 0 N–H and O–H groups in total. The molecule has 0 spiro atoms. The number of benzene rings is 2. The highest BCUT2D eigenvalue weighted by Crippen LogP contribution is 2.23. The highest BCUT2D eigenvalue weighted by Gasteiger charge is 2.14. The van der Waals surface area contributed by atoms with Gasteiger partial charge in [-0.3, -0.25) is 0 Å². The number of nitrogens with zero attached hydrogens (tertiary/aromatic N) is 1. The zero-order valence-electron chi connectivity index (χ0n) is 13.6. The third-order valence-corrected chi connectivity index (χ3v) is 3.78. The minimum Gasteiger partial charge on any atom is -0.497 e. The van der Waals surface area contributed by atoms with Crippen LogP contribution in [-0.2, 0) is 7.05 Å². The largest absolute Gasteiger partial charge is 0.497 e. The molecular formula is C20H20NO2+. The maximum atomic E-state index is 5.81. The number of aromatic nitrogens is 1. The molecule has 0 saturated carbocycles. The summed E-state index contributed by atoms with van der Waals surface area (Å²) in [6.45, 7) is 2.09. The van der Waals surface area contributed by atoms with Crippen LogP contribution in [0, 0.1) is 6.92 Å². The smallest absolute Gasteiger partial charge is 0.255 e. The van der Waals surface area contributed by atoms with E-state index in [1.54, 1.807) is 11.8 Å². The monoisotopic (exact) mass is 306 g/mol. The van der Waals surface area contributed by atoms with Crippen LogP contribution in [0.15, 0.2) is 59.1 Å². The molecule has 0 bridgehead atoms. The van der Waals surface area contributed by atoms with Crippen LogP contribution in [-0.4, -0.2) is 7.11 Å². The summed E-state index contributed by atoms with van der Waals surface area (Å²) in [5, 5.41) is 0. The van der Waals surface area contributed by atoms with Crippen molar-refractivity contribution in [2.75, 3.05) is 7.11 Å². The molecule has 1 aromatic heterocycles. The number of hydrogen-bond acceptors (Lipinski definition) is 2. The Balaban J connectivity index is 1.84. The van der Waals surface area contributed by atoms with Gasteiger partial charge < -0.3 is 4.74 Å². The van der Waals surface area contributed by atoms with Crippen molar-refractivity contribution < 1.29 is 14.0 Å². The Morgan fingerprint density at radius 3 is 2.30 bits per heavy atom. The summed E-state index contributed by atoms with van der Waals surface area (Å²) >= 11 is 0. The van der Waals surface area contributed by atoms with Crippen molar-refractivity contribution in [1.82, 2.24) is 0 Å². The van der Waals surface area contributed by atoms with Crippen LogP contribution >= 0.6 is 0 Å². The molecule has 0 unspecified atom stereocenters. The molecule has 0 saturated heterocycles. The van der Waals surface area contributed by atoms with Crippen molar-refractivity contribution in [3.63, 3.8) is 0 Å². The second-order valence-electron chi connectivity index (χ2n) is 5.49. The van der Waals surface area contributed by atoms with Gasteiger partial charge in [0.2, 0.25) is 5.76 Å². The fourth-order valence-electron chi connectivity index (χ4n) is 2.36. The lowest BCUT2D eigenvalue weighted by molar-refractivity contribution is -0.844. The molecule has 3 heteroatoms. The number of ether oxygens (including phenoxy) is 1. The van der Waals surface area contributed by atoms with E-state index in [2.05, 4.69) is 43.3 Å². The van der Waals surface area contributed by atoms with Crippen LogP contribution in [0.1, 0.15) is 16.8 Å². The van der Waals surface area contributed by atoms with Crippen LogP contribution in [0.3, 0.4) is 0 Å². The van der Waals surface area contributed by atoms with Gasteiger partial charge in [0.15, 0.2) is 7.05 Å². The predicted octanol–water partition coefficient (Wildman–Crippen LogP) is 4.26. The van der Waals surface area contributed by atoms with Crippen LogP contribution in [0.5, 0.6) is 5.75 Å². The van der Waals surface area contributed by atoms with Gasteiger partial charge in [0.05, 0.1) is 13.2 Å². The van der Waals surface area contributed by atoms with Gasteiger partial charge in [-0.15, -0.1) is 0 Å². The molecule has 2 aromatic carbocycles. The van der Waals surface area contributed by atoms with Crippen LogP contribution in [0.25, 0.3) is 23.5 Å². The predicted molar refractivity (Wildman–Crippen MR) is 92.0 cm³/mol. The molecule has 23 heavy (non-hydrogen) atoms. The number of aryl methyl sites for hydroxylation is 2. The maximum absolute atomic E-state index is 5.81. The summed E-state index contributed by atoms with van der Waals surface area (Å²) in [6.07, 6.45) is 4.14. The van der Waals surface area contributed by atoms with Gasteiger partial charge in [0.25, 0.3) is 5.69 Å². The van der Waals surface area contributed by atoms with Crippen LogP contribution in [0.4, 0.5) is 0 Å². The molecule has 3 aromatic rings. The van der Waals surface area contributed by atoms with Crippen molar-refractivity contribution in [2.24, 2.45) is 7.05 Å². The van der Waals surface area contributed by atoms with E-state index in [0.29, 0.717) is 0 Å².